The Morgan fingerprint density at radius 2 is 1.50 bits per heavy atom. The molecule has 2 aromatic carbocycles. The largest absolute Gasteiger partial charge is 0.368 e. The molecule has 1 aliphatic rings. The monoisotopic (exact) mass is 314 g/mol. The Balaban J connectivity index is 1.65. The predicted molar refractivity (Wildman–Crippen MR) is 92.3 cm³/mol. The molecule has 0 bridgehead atoms. The van der Waals surface area contributed by atoms with Crippen LogP contribution in [-0.4, -0.2) is 32.0 Å². The van der Waals surface area contributed by atoms with Crippen molar-refractivity contribution < 1.29 is 4.79 Å². The Labute approximate surface area is 136 Å². The van der Waals surface area contributed by atoms with Crippen LogP contribution in [0.25, 0.3) is 0 Å². The highest BCUT2D eigenvalue weighted by atomic mass is 35.5. The third-order valence-corrected chi connectivity index (χ3v) is 4.33. The van der Waals surface area contributed by atoms with Gasteiger partial charge in [-0.05, 0) is 49.4 Å². The lowest BCUT2D eigenvalue weighted by atomic mass is 10.1. The third-order valence-electron chi connectivity index (χ3n) is 4.09. The van der Waals surface area contributed by atoms with E-state index >= 15 is 0 Å². The van der Waals surface area contributed by atoms with Crippen LogP contribution in [0.4, 0.5) is 11.4 Å². The van der Waals surface area contributed by atoms with Gasteiger partial charge in [-0.2, -0.15) is 0 Å². The van der Waals surface area contributed by atoms with Gasteiger partial charge in [-0.25, -0.2) is 0 Å². The molecule has 0 unspecified atom stereocenters. The minimum absolute atomic E-state index is 0.109. The van der Waals surface area contributed by atoms with Crippen LogP contribution in [0, 0.1) is 0 Å². The first kappa shape index (κ1) is 14.9. The highest BCUT2D eigenvalue weighted by Gasteiger charge is 2.17. The zero-order valence-electron chi connectivity index (χ0n) is 12.6. The lowest BCUT2D eigenvalue weighted by Gasteiger charge is -2.37. The molecule has 3 rings (SSSR count). The lowest BCUT2D eigenvalue weighted by molar-refractivity contribution is 0.101. The molecule has 0 saturated carbocycles. The van der Waals surface area contributed by atoms with Crippen molar-refractivity contribution in [2.75, 3.05) is 36.0 Å². The summed E-state index contributed by atoms with van der Waals surface area (Å²) in [5.41, 5.74) is 3.12. The first-order chi connectivity index (χ1) is 10.6. The van der Waals surface area contributed by atoms with E-state index in [9.17, 15) is 4.79 Å². The molecule has 1 saturated heterocycles. The van der Waals surface area contributed by atoms with Crippen LogP contribution in [0.2, 0.25) is 5.02 Å². The number of hydrogen-bond donors (Lipinski definition) is 0. The van der Waals surface area contributed by atoms with Gasteiger partial charge in [-0.3, -0.25) is 4.79 Å². The molecule has 0 N–H and O–H groups in total. The van der Waals surface area contributed by atoms with Gasteiger partial charge in [0.1, 0.15) is 0 Å². The van der Waals surface area contributed by atoms with Crippen molar-refractivity contribution in [2.24, 2.45) is 0 Å². The van der Waals surface area contributed by atoms with Crippen molar-refractivity contribution >= 4 is 28.8 Å². The van der Waals surface area contributed by atoms with Crippen LogP contribution in [0.5, 0.6) is 0 Å². The first-order valence-electron chi connectivity index (χ1n) is 7.50. The topological polar surface area (TPSA) is 23.6 Å². The van der Waals surface area contributed by atoms with Crippen molar-refractivity contribution in [3.63, 3.8) is 0 Å². The van der Waals surface area contributed by atoms with Crippen LogP contribution >= 0.6 is 11.6 Å². The molecule has 2 aromatic rings. The number of rotatable bonds is 3. The van der Waals surface area contributed by atoms with E-state index in [1.54, 1.807) is 6.92 Å². The Morgan fingerprint density at radius 3 is 2.05 bits per heavy atom. The number of benzene rings is 2. The van der Waals surface area contributed by atoms with Crippen LogP contribution in [0.3, 0.4) is 0 Å². The lowest BCUT2D eigenvalue weighted by Crippen LogP contribution is -2.46. The second-order valence-electron chi connectivity index (χ2n) is 5.56. The second-order valence-corrected chi connectivity index (χ2v) is 5.99. The number of nitrogens with zero attached hydrogens (tertiary/aromatic N) is 2. The number of piperazine rings is 1. The first-order valence-corrected chi connectivity index (χ1v) is 7.88. The zero-order chi connectivity index (χ0) is 15.5. The molecule has 0 aromatic heterocycles. The number of ketones is 1. The molecule has 114 valence electrons. The fourth-order valence-corrected chi connectivity index (χ4v) is 2.99. The molecule has 0 spiro atoms. The number of anilines is 2. The highest BCUT2D eigenvalue weighted by Crippen LogP contribution is 2.23. The Hall–Kier alpha value is -2.00. The highest BCUT2D eigenvalue weighted by molar-refractivity contribution is 6.30. The normalized spacial score (nSPS) is 15.0. The van der Waals surface area contributed by atoms with E-state index in [2.05, 4.69) is 15.9 Å². The molecular formula is C18H19ClN2O. The van der Waals surface area contributed by atoms with Crippen LogP contribution in [0.1, 0.15) is 17.3 Å². The average Bonchev–Trinajstić information content (AvgIpc) is 2.55. The quantitative estimate of drug-likeness (QED) is 0.804. The fourth-order valence-electron chi connectivity index (χ4n) is 2.80. The van der Waals surface area contributed by atoms with E-state index in [0.29, 0.717) is 0 Å². The van der Waals surface area contributed by atoms with Crippen molar-refractivity contribution in [2.45, 2.75) is 6.92 Å². The standard InChI is InChI=1S/C18H19ClN2O/c1-14(22)15-5-7-17(8-6-15)20-9-11-21(12-10-20)18-4-2-3-16(19)13-18/h2-8,13H,9-12H2,1H3. The van der Waals surface area contributed by atoms with Gasteiger partial charge in [0.25, 0.3) is 0 Å². The van der Waals surface area contributed by atoms with E-state index in [1.807, 2.05) is 42.5 Å². The molecule has 3 nitrogen and oxygen atoms in total. The average molecular weight is 315 g/mol. The minimum Gasteiger partial charge on any atom is -0.368 e. The summed E-state index contributed by atoms with van der Waals surface area (Å²) in [5.74, 6) is 0.109. The van der Waals surface area contributed by atoms with Crippen LogP contribution in [0.15, 0.2) is 48.5 Å². The number of halogens is 1. The fraction of sp³-hybridized carbons (Fsp3) is 0.278. The van der Waals surface area contributed by atoms with Gasteiger partial charge in [0, 0.05) is 48.1 Å². The van der Waals surface area contributed by atoms with Crippen molar-refractivity contribution in [3.8, 4) is 0 Å². The summed E-state index contributed by atoms with van der Waals surface area (Å²) < 4.78 is 0. The minimum atomic E-state index is 0.109. The number of carbonyl (C=O) groups excluding carboxylic acids is 1. The Kier molecular flexibility index (Phi) is 4.34. The number of hydrogen-bond acceptors (Lipinski definition) is 3. The van der Waals surface area contributed by atoms with Gasteiger partial charge in [0.2, 0.25) is 0 Å². The maximum absolute atomic E-state index is 11.3. The SMILES string of the molecule is CC(=O)c1ccc(N2CCN(c3cccc(Cl)c3)CC2)cc1. The van der Waals surface area contributed by atoms with Gasteiger partial charge < -0.3 is 9.80 Å². The van der Waals surface area contributed by atoms with Crippen molar-refractivity contribution in [1.29, 1.82) is 0 Å². The van der Waals surface area contributed by atoms with Gasteiger partial charge in [-0.1, -0.05) is 17.7 Å². The van der Waals surface area contributed by atoms with E-state index < -0.39 is 0 Å². The molecule has 22 heavy (non-hydrogen) atoms. The summed E-state index contributed by atoms with van der Waals surface area (Å²) in [7, 11) is 0. The van der Waals surface area contributed by atoms with E-state index in [-0.39, 0.29) is 5.78 Å². The van der Waals surface area contributed by atoms with Crippen LogP contribution in [-0.2, 0) is 0 Å². The Bertz CT molecular complexity index is 661. The predicted octanol–water partition coefficient (Wildman–Crippen LogP) is 3.87. The molecular weight excluding hydrogens is 296 g/mol. The summed E-state index contributed by atoms with van der Waals surface area (Å²) in [6.07, 6.45) is 0. The summed E-state index contributed by atoms with van der Waals surface area (Å²) in [6.45, 7) is 5.46. The summed E-state index contributed by atoms with van der Waals surface area (Å²) in [4.78, 5) is 16.0. The maximum Gasteiger partial charge on any atom is 0.159 e. The smallest absolute Gasteiger partial charge is 0.159 e. The zero-order valence-corrected chi connectivity index (χ0v) is 13.4. The van der Waals surface area contributed by atoms with Gasteiger partial charge in [0.05, 0.1) is 0 Å². The number of Topliss-reactive ketones (excluding diaryl/α,β-unsaturated/α-hetero) is 1. The molecule has 1 fully saturated rings. The summed E-state index contributed by atoms with van der Waals surface area (Å²) in [6, 6.07) is 15.9. The summed E-state index contributed by atoms with van der Waals surface area (Å²) >= 11 is 6.06. The van der Waals surface area contributed by atoms with Gasteiger partial charge in [0.15, 0.2) is 5.78 Å². The number of carbonyl (C=O) groups is 1. The third kappa shape index (κ3) is 3.25. The van der Waals surface area contributed by atoms with Gasteiger partial charge >= 0.3 is 0 Å². The molecule has 0 atom stereocenters. The Morgan fingerprint density at radius 1 is 0.909 bits per heavy atom. The van der Waals surface area contributed by atoms with Crippen molar-refractivity contribution in [3.05, 3.63) is 59.1 Å². The molecule has 1 aliphatic heterocycles. The molecule has 0 aliphatic carbocycles. The second kappa shape index (κ2) is 6.41. The van der Waals surface area contributed by atoms with E-state index in [1.165, 1.54) is 11.4 Å². The van der Waals surface area contributed by atoms with E-state index in [4.69, 9.17) is 11.6 Å². The molecule has 0 amide bonds. The maximum atomic E-state index is 11.3. The summed E-state index contributed by atoms with van der Waals surface area (Å²) in [5, 5.41) is 0.778. The van der Waals surface area contributed by atoms with Gasteiger partial charge in [-0.15, -0.1) is 0 Å². The molecule has 4 heteroatoms. The molecule has 1 heterocycles. The van der Waals surface area contributed by atoms with Crippen LogP contribution < -0.4 is 9.80 Å². The van der Waals surface area contributed by atoms with E-state index in [0.717, 1.165) is 36.8 Å². The van der Waals surface area contributed by atoms with Crippen molar-refractivity contribution in [1.82, 2.24) is 0 Å². The molecule has 0 radical (unpaired) electrons.